The highest BCUT2D eigenvalue weighted by Gasteiger charge is 2.36. The summed E-state index contributed by atoms with van der Waals surface area (Å²) in [6, 6.07) is 17.5. The van der Waals surface area contributed by atoms with E-state index in [4.69, 9.17) is 4.74 Å². The van der Waals surface area contributed by atoms with Gasteiger partial charge in [-0.15, -0.1) is 0 Å². The second kappa shape index (κ2) is 10.4. The quantitative estimate of drug-likeness (QED) is 0.200. The van der Waals surface area contributed by atoms with Gasteiger partial charge in [0, 0.05) is 24.5 Å². The van der Waals surface area contributed by atoms with E-state index in [0.29, 0.717) is 23.4 Å². The van der Waals surface area contributed by atoms with Crippen molar-refractivity contribution in [3.05, 3.63) is 95.4 Å². The highest BCUT2D eigenvalue weighted by atomic mass is 127. The van der Waals surface area contributed by atoms with E-state index in [1.165, 1.54) is 6.08 Å². The standard InChI is InChI=1S/C25H17Br2IN2O4/c1-34-22-12-14(11-21(28)18(22)13-15-4-2-3-5-20(15)27)10-19-23(31)29-25(33)30(24(19)32)17-8-6-16(26)7-9-17/h2-12H,13H2,1H3,(H,29,31,33)/b19-10+. The van der Waals surface area contributed by atoms with Crippen LogP contribution in [-0.4, -0.2) is 25.0 Å². The van der Waals surface area contributed by atoms with Gasteiger partial charge in [-0.25, -0.2) is 9.69 Å². The van der Waals surface area contributed by atoms with Crippen LogP contribution in [0.15, 0.2) is 75.2 Å². The van der Waals surface area contributed by atoms with Gasteiger partial charge < -0.3 is 4.74 Å². The average Bonchev–Trinajstić information content (AvgIpc) is 2.80. The Bertz CT molecular complexity index is 1340. The number of benzene rings is 3. The van der Waals surface area contributed by atoms with Crippen LogP contribution in [0.3, 0.4) is 0 Å². The number of hydrogen-bond donors (Lipinski definition) is 1. The summed E-state index contributed by atoms with van der Waals surface area (Å²) < 4.78 is 8.36. The fraction of sp³-hybridized carbons (Fsp3) is 0.0800. The van der Waals surface area contributed by atoms with Gasteiger partial charge in [-0.2, -0.15) is 0 Å². The number of hydrogen-bond acceptors (Lipinski definition) is 4. The molecule has 0 bridgehead atoms. The normalized spacial score (nSPS) is 15.0. The van der Waals surface area contributed by atoms with Crippen LogP contribution in [0.5, 0.6) is 5.75 Å². The molecule has 172 valence electrons. The number of urea groups is 1. The zero-order valence-corrected chi connectivity index (χ0v) is 23.1. The van der Waals surface area contributed by atoms with Crippen molar-refractivity contribution in [2.75, 3.05) is 12.0 Å². The fourth-order valence-electron chi connectivity index (χ4n) is 3.55. The largest absolute Gasteiger partial charge is 0.496 e. The van der Waals surface area contributed by atoms with Gasteiger partial charge in [-0.1, -0.05) is 50.1 Å². The SMILES string of the molecule is COc1cc(/C=C2\C(=O)NC(=O)N(c3ccc(Br)cc3)C2=O)cc(I)c1Cc1ccccc1Br. The van der Waals surface area contributed by atoms with E-state index in [0.717, 1.165) is 28.5 Å². The lowest BCUT2D eigenvalue weighted by Crippen LogP contribution is -2.54. The van der Waals surface area contributed by atoms with E-state index >= 15 is 0 Å². The topological polar surface area (TPSA) is 75.7 Å². The molecule has 0 radical (unpaired) electrons. The Hall–Kier alpha value is -2.50. The second-order valence-corrected chi connectivity index (χ2v) is 10.3. The summed E-state index contributed by atoms with van der Waals surface area (Å²) in [5.41, 5.74) is 2.93. The molecule has 0 saturated carbocycles. The molecular formula is C25H17Br2IN2O4. The molecule has 3 aromatic rings. The van der Waals surface area contributed by atoms with Gasteiger partial charge in [0.05, 0.1) is 12.8 Å². The maximum Gasteiger partial charge on any atom is 0.335 e. The van der Waals surface area contributed by atoms with Crippen molar-refractivity contribution in [1.82, 2.24) is 5.32 Å². The van der Waals surface area contributed by atoms with Gasteiger partial charge in [0.1, 0.15) is 11.3 Å². The highest BCUT2D eigenvalue weighted by Crippen LogP contribution is 2.32. The van der Waals surface area contributed by atoms with Gasteiger partial charge >= 0.3 is 6.03 Å². The Balaban J connectivity index is 1.71. The molecule has 1 saturated heterocycles. The third-order valence-electron chi connectivity index (χ3n) is 5.22. The summed E-state index contributed by atoms with van der Waals surface area (Å²) in [5, 5.41) is 2.25. The number of nitrogens with zero attached hydrogens (tertiary/aromatic N) is 1. The number of carbonyl (C=O) groups is 3. The lowest BCUT2D eigenvalue weighted by Gasteiger charge is -2.26. The first-order valence-electron chi connectivity index (χ1n) is 10.1. The molecular weight excluding hydrogens is 679 g/mol. The number of methoxy groups -OCH3 is 1. The molecule has 1 fully saturated rings. The van der Waals surface area contributed by atoms with Crippen molar-refractivity contribution in [3.8, 4) is 5.75 Å². The second-order valence-electron chi connectivity index (χ2n) is 7.39. The van der Waals surface area contributed by atoms with Gasteiger partial charge in [-0.05, 0) is 82.3 Å². The van der Waals surface area contributed by atoms with Crippen LogP contribution in [0.4, 0.5) is 10.5 Å². The minimum atomic E-state index is -0.787. The third kappa shape index (κ3) is 5.11. The first kappa shape index (κ1) is 24.6. The smallest absolute Gasteiger partial charge is 0.335 e. The van der Waals surface area contributed by atoms with Crippen molar-refractivity contribution in [3.63, 3.8) is 0 Å². The number of halogens is 3. The molecule has 4 rings (SSSR count). The van der Waals surface area contributed by atoms with Crippen LogP contribution in [0.2, 0.25) is 0 Å². The van der Waals surface area contributed by atoms with Crippen molar-refractivity contribution in [2.45, 2.75) is 6.42 Å². The Labute approximate surface area is 226 Å². The monoisotopic (exact) mass is 694 g/mol. The van der Waals surface area contributed by atoms with E-state index in [1.807, 2.05) is 30.3 Å². The molecule has 1 N–H and O–H groups in total. The number of anilines is 1. The zero-order valence-electron chi connectivity index (χ0n) is 17.8. The van der Waals surface area contributed by atoms with E-state index in [-0.39, 0.29) is 5.57 Å². The van der Waals surface area contributed by atoms with Gasteiger partial charge in [0.15, 0.2) is 0 Å². The average molecular weight is 696 g/mol. The van der Waals surface area contributed by atoms with Crippen molar-refractivity contribution < 1.29 is 19.1 Å². The Morgan fingerprint density at radius 1 is 1.03 bits per heavy atom. The van der Waals surface area contributed by atoms with Crippen LogP contribution in [0.25, 0.3) is 6.08 Å². The first-order chi connectivity index (χ1) is 16.3. The van der Waals surface area contributed by atoms with E-state index in [9.17, 15) is 14.4 Å². The number of ether oxygens (including phenoxy) is 1. The highest BCUT2D eigenvalue weighted by molar-refractivity contribution is 14.1. The van der Waals surface area contributed by atoms with Crippen molar-refractivity contribution in [1.29, 1.82) is 0 Å². The van der Waals surface area contributed by atoms with E-state index < -0.39 is 17.8 Å². The molecule has 0 aliphatic carbocycles. The van der Waals surface area contributed by atoms with Crippen LogP contribution < -0.4 is 15.0 Å². The molecule has 9 heteroatoms. The molecule has 1 heterocycles. The minimum Gasteiger partial charge on any atom is -0.496 e. The third-order valence-corrected chi connectivity index (χ3v) is 7.48. The molecule has 3 aromatic carbocycles. The summed E-state index contributed by atoms with van der Waals surface area (Å²) in [5.74, 6) is -0.795. The summed E-state index contributed by atoms with van der Waals surface area (Å²) in [6.45, 7) is 0. The number of amides is 4. The number of carbonyl (C=O) groups excluding carboxylic acids is 3. The van der Waals surface area contributed by atoms with Crippen LogP contribution in [-0.2, 0) is 16.0 Å². The molecule has 1 aliphatic heterocycles. The molecule has 0 unspecified atom stereocenters. The van der Waals surface area contributed by atoms with Crippen LogP contribution in [0.1, 0.15) is 16.7 Å². The van der Waals surface area contributed by atoms with Crippen LogP contribution >= 0.6 is 54.5 Å². The molecule has 0 spiro atoms. The minimum absolute atomic E-state index is 0.140. The number of nitrogens with one attached hydrogen (secondary N) is 1. The van der Waals surface area contributed by atoms with Gasteiger partial charge in [0.2, 0.25) is 0 Å². The molecule has 0 atom stereocenters. The zero-order chi connectivity index (χ0) is 24.4. The summed E-state index contributed by atoms with van der Waals surface area (Å²) in [4.78, 5) is 39.0. The van der Waals surface area contributed by atoms with Crippen molar-refractivity contribution in [2.24, 2.45) is 0 Å². The number of rotatable bonds is 5. The van der Waals surface area contributed by atoms with E-state index in [2.05, 4.69) is 59.8 Å². The van der Waals surface area contributed by atoms with Crippen molar-refractivity contribution >= 4 is 84.1 Å². The van der Waals surface area contributed by atoms with Gasteiger partial charge in [0.25, 0.3) is 11.8 Å². The maximum atomic E-state index is 13.1. The lowest BCUT2D eigenvalue weighted by atomic mass is 10.0. The maximum absolute atomic E-state index is 13.1. The van der Waals surface area contributed by atoms with Crippen LogP contribution in [0, 0.1) is 3.57 Å². The predicted octanol–water partition coefficient (Wildman–Crippen LogP) is 6.08. The molecule has 4 amide bonds. The predicted molar refractivity (Wildman–Crippen MR) is 146 cm³/mol. The Kier molecular flexibility index (Phi) is 7.54. The summed E-state index contributed by atoms with van der Waals surface area (Å²) >= 11 is 9.13. The summed E-state index contributed by atoms with van der Waals surface area (Å²) in [6.07, 6.45) is 2.12. The van der Waals surface area contributed by atoms with E-state index in [1.54, 1.807) is 37.4 Å². The van der Waals surface area contributed by atoms with Gasteiger partial charge in [-0.3, -0.25) is 14.9 Å². The molecule has 1 aliphatic rings. The Morgan fingerprint density at radius 3 is 2.41 bits per heavy atom. The molecule has 6 nitrogen and oxygen atoms in total. The lowest BCUT2D eigenvalue weighted by molar-refractivity contribution is -0.122. The molecule has 34 heavy (non-hydrogen) atoms. The fourth-order valence-corrected chi connectivity index (χ4v) is 5.05. The number of barbiturate groups is 1. The first-order valence-corrected chi connectivity index (χ1v) is 12.7. The molecule has 0 aromatic heterocycles. The Morgan fingerprint density at radius 2 is 1.74 bits per heavy atom. The number of imide groups is 2. The summed E-state index contributed by atoms with van der Waals surface area (Å²) in [7, 11) is 1.58.